The van der Waals surface area contributed by atoms with Crippen molar-refractivity contribution in [1.82, 2.24) is 4.90 Å². The highest BCUT2D eigenvalue weighted by Crippen LogP contribution is 2.19. The van der Waals surface area contributed by atoms with Crippen molar-refractivity contribution in [3.63, 3.8) is 0 Å². The van der Waals surface area contributed by atoms with Gasteiger partial charge in [-0.15, -0.1) is 0 Å². The molecule has 2 N–H and O–H groups in total. The molecule has 0 heterocycles. The van der Waals surface area contributed by atoms with Gasteiger partial charge in [0.25, 0.3) is 5.69 Å². The second-order valence-corrected chi connectivity index (χ2v) is 7.28. The Bertz CT molecular complexity index is 945. The lowest BCUT2D eigenvalue weighted by Crippen LogP contribution is -2.32. The Morgan fingerprint density at radius 3 is 2.17 bits per heavy atom. The molecule has 0 fully saturated rings. The fraction of sp³-hybridized carbons (Fsp3) is 0.250. The molecule has 30 heavy (non-hydrogen) atoms. The summed E-state index contributed by atoms with van der Waals surface area (Å²) in [6, 6.07) is 23.4. The van der Waals surface area contributed by atoms with Crippen molar-refractivity contribution < 1.29 is 15.1 Å². The molecule has 6 heteroatoms. The average Bonchev–Trinajstić information content (AvgIpc) is 2.77. The van der Waals surface area contributed by atoms with Gasteiger partial charge in [-0.2, -0.15) is 0 Å². The van der Waals surface area contributed by atoms with Gasteiger partial charge in [0.15, 0.2) is 0 Å². The van der Waals surface area contributed by atoms with E-state index < -0.39 is 11.0 Å². The Kier molecular flexibility index (Phi) is 7.54. The molecule has 0 aliphatic carbocycles. The fourth-order valence-electron chi connectivity index (χ4n) is 3.39. The predicted octanol–water partition coefficient (Wildman–Crippen LogP) is 4.12. The maximum Gasteiger partial charge on any atom is 0.269 e. The van der Waals surface area contributed by atoms with Gasteiger partial charge < -0.3 is 10.2 Å². The predicted molar refractivity (Wildman–Crippen MR) is 116 cm³/mol. The Labute approximate surface area is 176 Å². The van der Waals surface area contributed by atoms with Crippen LogP contribution in [0.1, 0.15) is 22.8 Å². The Balaban J connectivity index is 1.66. The lowest BCUT2D eigenvalue weighted by molar-refractivity contribution is -0.384. The Morgan fingerprint density at radius 1 is 0.867 bits per heavy atom. The van der Waals surface area contributed by atoms with Gasteiger partial charge in [-0.05, 0) is 35.6 Å². The van der Waals surface area contributed by atoms with Gasteiger partial charge >= 0.3 is 0 Å². The topological polar surface area (TPSA) is 86.8 Å². The van der Waals surface area contributed by atoms with Crippen LogP contribution in [0.5, 0.6) is 5.75 Å². The molecule has 0 bridgehead atoms. The molecular weight excluding hydrogens is 380 g/mol. The van der Waals surface area contributed by atoms with Crippen LogP contribution in [-0.2, 0) is 12.8 Å². The number of aromatic hydroxyl groups is 1. The minimum atomic E-state index is -0.618. The van der Waals surface area contributed by atoms with Crippen molar-refractivity contribution in [3.8, 4) is 5.75 Å². The summed E-state index contributed by atoms with van der Waals surface area (Å²) in [5.74, 6) is 0.274. The van der Waals surface area contributed by atoms with Crippen molar-refractivity contribution in [2.45, 2.75) is 18.9 Å². The van der Waals surface area contributed by atoms with Crippen LogP contribution in [0.25, 0.3) is 0 Å². The molecule has 3 aromatic carbocycles. The van der Waals surface area contributed by atoms with E-state index >= 15 is 0 Å². The number of phenolic OH excluding ortho intramolecular Hbond substituents is 1. The van der Waals surface area contributed by atoms with Gasteiger partial charge in [0, 0.05) is 31.8 Å². The SMILES string of the molecule is O=[N+]([O-])c1ccc(CCN(CCc2ccccc2O)C[C@H](O)c2ccccc2)cc1. The number of nitrogens with zero attached hydrogens (tertiary/aromatic N) is 2. The highest BCUT2D eigenvalue weighted by molar-refractivity contribution is 5.33. The van der Waals surface area contributed by atoms with Crippen LogP contribution in [0.4, 0.5) is 5.69 Å². The summed E-state index contributed by atoms with van der Waals surface area (Å²) in [4.78, 5) is 12.6. The van der Waals surface area contributed by atoms with E-state index in [2.05, 4.69) is 4.90 Å². The molecule has 3 aromatic rings. The minimum absolute atomic E-state index is 0.0784. The summed E-state index contributed by atoms with van der Waals surface area (Å²) >= 11 is 0. The first-order chi connectivity index (χ1) is 14.5. The van der Waals surface area contributed by atoms with E-state index in [1.54, 1.807) is 24.3 Å². The molecule has 0 radical (unpaired) electrons. The third-order valence-electron chi connectivity index (χ3n) is 5.17. The van der Waals surface area contributed by atoms with Crippen LogP contribution in [0.3, 0.4) is 0 Å². The molecule has 0 aliphatic rings. The Hall–Kier alpha value is -3.22. The molecule has 0 spiro atoms. The summed E-state index contributed by atoms with van der Waals surface area (Å²) in [5.41, 5.74) is 2.81. The number of hydrogen-bond acceptors (Lipinski definition) is 5. The maximum absolute atomic E-state index is 10.8. The summed E-state index contributed by atoms with van der Waals surface area (Å²) in [5, 5.41) is 31.5. The molecule has 6 nitrogen and oxygen atoms in total. The monoisotopic (exact) mass is 406 g/mol. The van der Waals surface area contributed by atoms with E-state index in [0.717, 1.165) is 16.7 Å². The number of rotatable bonds is 10. The number of aliphatic hydroxyl groups excluding tert-OH is 1. The molecule has 0 aliphatic heterocycles. The Morgan fingerprint density at radius 2 is 1.50 bits per heavy atom. The number of nitro groups is 1. The molecule has 0 aromatic heterocycles. The van der Waals surface area contributed by atoms with Crippen LogP contribution < -0.4 is 0 Å². The summed E-state index contributed by atoms with van der Waals surface area (Å²) < 4.78 is 0. The number of nitro benzene ring substituents is 1. The minimum Gasteiger partial charge on any atom is -0.508 e. The highest BCUT2D eigenvalue weighted by Gasteiger charge is 2.15. The molecule has 3 rings (SSSR count). The molecule has 1 atom stereocenters. The normalized spacial score (nSPS) is 12.1. The summed E-state index contributed by atoms with van der Waals surface area (Å²) in [6.45, 7) is 1.83. The third kappa shape index (κ3) is 6.14. The van der Waals surface area contributed by atoms with Crippen LogP contribution in [0.2, 0.25) is 0 Å². The molecule has 0 saturated heterocycles. The maximum atomic E-state index is 10.8. The van der Waals surface area contributed by atoms with Crippen LogP contribution in [0.15, 0.2) is 78.9 Å². The van der Waals surface area contributed by atoms with Crippen LogP contribution >= 0.6 is 0 Å². The number of hydrogen-bond donors (Lipinski definition) is 2. The largest absolute Gasteiger partial charge is 0.508 e. The van der Waals surface area contributed by atoms with Crippen molar-refractivity contribution in [2.24, 2.45) is 0 Å². The first kappa shape index (κ1) is 21.5. The van der Waals surface area contributed by atoms with Gasteiger partial charge in [-0.1, -0.05) is 60.7 Å². The number of benzene rings is 3. The van der Waals surface area contributed by atoms with E-state index in [4.69, 9.17) is 0 Å². The lowest BCUT2D eigenvalue weighted by Gasteiger charge is -2.25. The second-order valence-electron chi connectivity index (χ2n) is 7.28. The number of non-ortho nitro benzene ring substituents is 1. The highest BCUT2D eigenvalue weighted by atomic mass is 16.6. The van der Waals surface area contributed by atoms with E-state index in [-0.39, 0.29) is 11.4 Å². The van der Waals surface area contributed by atoms with Gasteiger partial charge in [-0.3, -0.25) is 15.0 Å². The first-order valence-corrected chi connectivity index (χ1v) is 9.98. The summed E-state index contributed by atoms with van der Waals surface area (Å²) in [6.07, 6.45) is 0.752. The van der Waals surface area contributed by atoms with E-state index in [1.807, 2.05) is 42.5 Å². The van der Waals surface area contributed by atoms with Crippen molar-refractivity contribution in [1.29, 1.82) is 0 Å². The molecule has 0 amide bonds. The smallest absolute Gasteiger partial charge is 0.269 e. The van der Waals surface area contributed by atoms with E-state index in [1.165, 1.54) is 12.1 Å². The fourth-order valence-corrected chi connectivity index (χ4v) is 3.39. The second kappa shape index (κ2) is 10.5. The standard InChI is InChI=1S/C24H26N2O4/c27-23-9-5-4-8-21(23)15-17-25(18-24(28)20-6-2-1-3-7-20)16-14-19-10-12-22(13-11-19)26(29)30/h1-13,24,27-28H,14-18H2/t24-/m0/s1. The zero-order valence-corrected chi connectivity index (χ0v) is 16.7. The molecule has 0 saturated carbocycles. The van der Waals surface area contributed by atoms with Crippen molar-refractivity contribution in [2.75, 3.05) is 19.6 Å². The van der Waals surface area contributed by atoms with Gasteiger partial charge in [0.2, 0.25) is 0 Å². The molecule has 156 valence electrons. The van der Waals surface area contributed by atoms with Crippen molar-refractivity contribution in [3.05, 3.63) is 106 Å². The lowest BCUT2D eigenvalue weighted by atomic mass is 10.1. The third-order valence-corrected chi connectivity index (χ3v) is 5.17. The van der Waals surface area contributed by atoms with Gasteiger partial charge in [-0.25, -0.2) is 0 Å². The number of aliphatic hydroxyl groups is 1. The quantitative estimate of drug-likeness (QED) is 0.391. The average molecular weight is 406 g/mol. The van der Waals surface area contributed by atoms with Gasteiger partial charge in [0.1, 0.15) is 5.75 Å². The zero-order chi connectivity index (χ0) is 21.3. The van der Waals surface area contributed by atoms with Crippen LogP contribution in [-0.4, -0.2) is 39.7 Å². The first-order valence-electron chi connectivity index (χ1n) is 9.98. The molecular formula is C24H26N2O4. The van der Waals surface area contributed by atoms with Crippen molar-refractivity contribution >= 4 is 5.69 Å². The molecule has 0 unspecified atom stereocenters. The number of phenols is 1. The zero-order valence-electron chi connectivity index (χ0n) is 16.7. The summed E-state index contributed by atoms with van der Waals surface area (Å²) in [7, 11) is 0. The van der Waals surface area contributed by atoms with E-state index in [9.17, 15) is 20.3 Å². The number of para-hydroxylation sites is 1. The van der Waals surface area contributed by atoms with E-state index in [0.29, 0.717) is 32.5 Å². The van der Waals surface area contributed by atoms with Gasteiger partial charge in [0.05, 0.1) is 11.0 Å². The van der Waals surface area contributed by atoms with Crippen LogP contribution in [0, 0.1) is 10.1 Å².